The minimum atomic E-state index is -0.950. The van der Waals surface area contributed by atoms with Crippen LogP contribution in [-0.4, -0.2) is 66.4 Å². The Bertz CT molecular complexity index is 1420. The van der Waals surface area contributed by atoms with Crippen molar-refractivity contribution in [1.82, 2.24) is 14.7 Å². The molecule has 2 fully saturated rings. The molecule has 6 rings (SSSR count). The van der Waals surface area contributed by atoms with Crippen molar-refractivity contribution < 1.29 is 23.7 Å². The standard InChI is InChI=1S/C29H32ClN3O5S/c1-39(38)20-14-32(15-20)27(34)19-11-12-22-24(13-19)33(31-26(22)17-7-9-18(10-8-17)29(36)37)28(35)25-21(16-5-6-16)3-2-4-23(25)30/h2-4,7,16,18-20H,5-6,8-15H2,1H3,(H,36,37). The highest BCUT2D eigenvalue weighted by Gasteiger charge is 2.40. The Morgan fingerprint density at radius 3 is 2.46 bits per heavy atom. The van der Waals surface area contributed by atoms with Crippen molar-refractivity contribution in [2.45, 2.75) is 62.5 Å². The van der Waals surface area contributed by atoms with Crippen LogP contribution in [0.15, 0.2) is 24.3 Å². The van der Waals surface area contributed by atoms with Crippen LogP contribution < -0.4 is 0 Å². The van der Waals surface area contributed by atoms with Gasteiger partial charge in [0.05, 0.1) is 33.1 Å². The number of hydrogen-bond acceptors (Lipinski definition) is 5. The fourth-order valence-electron chi connectivity index (χ4n) is 6.22. The number of fused-ring (bicyclic) bond motifs is 1. The lowest BCUT2D eigenvalue weighted by atomic mass is 9.82. The number of allylic oxidation sites excluding steroid dienone is 2. The summed E-state index contributed by atoms with van der Waals surface area (Å²) in [6, 6.07) is 5.58. The van der Waals surface area contributed by atoms with Gasteiger partial charge in [-0.2, -0.15) is 9.78 Å². The van der Waals surface area contributed by atoms with Crippen LogP contribution >= 0.6 is 11.6 Å². The number of aromatic nitrogens is 2. The number of carbonyl (C=O) groups excluding carboxylic acids is 2. The van der Waals surface area contributed by atoms with Gasteiger partial charge in [0.2, 0.25) is 5.91 Å². The van der Waals surface area contributed by atoms with E-state index >= 15 is 0 Å². The van der Waals surface area contributed by atoms with Gasteiger partial charge in [0, 0.05) is 48.0 Å². The molecule has 3 aliphatic carbocycles. The first-order chi connectivity index (χ1) is 18.7. The van der Waals surface area contributed by atoms with E-state index in [4.69, 9.17) is 16.7 Å². The van der Waals surface area contributed by atoms with Gasteiger partial charge in [-0.05, 0) is 68.1 Å². The first-order valence-electron chi connectivity index (χ1n) is 13.7. The van der Waals surface area contributed by atoms with Crippen molar-refractivity contribution in [3.63, 3.8) is 0 Å². The number of carboxylic acids is 1. The van der Waals surface area contributed by atoms with E-state index in [-0.39, 0.29) is 23.0 Å². The number of aliphatic carboxylic acids is 1. The highest BCUT2D eigenvalue weighted by Crippen LogP contribution is 2.44. The maximum absolute atomic E-state index is 14.1. The molecule has 1 aromatic carbocycles. The normalized spacial score (nSPS) is 23.9. The Morgan fingerprint density at radius 1 is 1.08 bits per heavy atom. The first-order valence-corrected chi connectivity index (χ1v) is 15.7. The molecule has 8 nitrogen and oxygen atoms in total. The second-order valence-corrected chi connectivity index (χ2v) is 13.4. The molecule has 1 saturated heterocycles. The summed E-state index contributed by atoms with van der Waals surface area (Å²) in [5.41, 5.74) is 4.87. The van der Waals surface area contributed by atoms with Crippen molar-refractivity contribution in [2.24, 2.45) is 11.8 Å². The topological polar surface area (TPSA) is 110 Å². The molecule has 1 N–H and O–H groups in total. The Kier molecular flexibility index (Phi) is 7.00. The van der Waals surface area contributed by atoms with E-state index in [2.05, 4.69) is 0 Å². The lowest BCUT2D eigenvalue weighted by Crippen LogP contribution is -2.57. The van der Waals surface area contributed by atoms with Crippen molar-refractivity contribution in [1.29, 1.82) is 0 Å². The van der Waals surface area contributed by atoms with E-state index in [1.54, 1.807) is 17.2 Å². The zero-order chi connectivity index (χ0) is 27.4. The monoisotopic (exact) mass is 569 g/mol. The molecule has 0 spiro atoms. The highest BCUT2D eigenvalue weighted by atomic mass is 35.5. The molecule has 1 amide bonds. The van der Waals surface area contributed by atoms with Crippen molar-refractivity contribution in [3.8, 4) is 0 Å². The third-order valence-corrected chi connectivity index (χ3v) is 10.3. The number of halogens is 1. The summed E-state index contributed by atoms with van der Waals surface area (Å²) in [6.45, 7) is 1.02. The molecular weight excluding hydrogens is 538 g/mol. The number of likely N-dealkylation sites (tertiary alicyclic amines) is 1. The van der Waals surface area contributed by atoms with Gasteiger partial charge >= 0.3 is 5.97 Å². The van der Waals surface area contributed by atoms with Crippen LogP contribution in [0.25, 0.3) is 5.57 Å². The van der Waals surface area contributed by atoms with Crippen LogP contribution in [0, 0.1) is 11.8 Å². The lowest BCUT2D eigenvalue weighted by molar-refractivity contribution is -0.142. The quantitative estimate of drug-likeness (QED) is 0.562. The van der Waals surface area contributed by atoms with Crippen LogP contribution in [0.4, 0.5) is 0 Å². The Labute approximate surface area is 234 Å². The Balaban J connectivity index is 1.36. The fourth-order valence-corrected chi connectivity index (χ4v) is 7.26. The number of nitrogens with zero attached hydrogens (tertiary/aromatic N) is 3. The number of hydrogen-bond donors (Lipinski definition) is 1. The second-order valence-electron chi connectivity index (χ2n) is 11.3. The van der Waals surface area contributed by atoms with Gasteiger partial charge in [-0.25, -0.2) is 0 Å². The molecule has 1 aromatic heterocycles. The summed E-state index contributed by atoms with van der Waals surface area (Å²) >= 11 is 6.60. The van der Waals surface area contributed by atoms with Crippen molar-refractivity contribution >= 4 is 45.8 Å². The molecule has 2 aromatic rings. The number of benzene rings is 1. The van der Waals surface area contributed by atoms with Crippen molar-refractivity contribution in [3.05, 3.63) is 57.4 Å². The molecule has 3 unspecified atom stereocenters. The van der Waals surface area contributed by atoms with Crippen LogP contribution in [0.1, 0.15) is 77.3 Å². The van der Waals surface area contributed by atoms with Gasteiger partial charge in [-0.1, -0.05) is 29.8 Å². The maximum Gasteiger partial charge on any atom is 0.306 e. The summed E-state index contributed by atoms with van der Waals surface area (Å²) in [5, 5.41) is 14.7. The number of rotatable bonds is 6. The first kappa shape index (κ1) is 26.4. The summed E-state index contributed by atoms with van der Waals surface area (Å²) in [6.07, 6.45) is 8.89. The third-order valence-electron chi connectivity index (χ3n) is 8.78. The number of carboxylic acid groups (broad SMARTS) is 1. The zero-order valence-corrected chi connectivity index (χ0v) is 23.5. The molecule has 4 aliphatic rings. The molecular formula is C29H32ClN3O5S. The van der Waals surface area contributed by atoms with Crippen molar-refractivity contribution in [2.75, 3.05) is 19.3 Å². The molecule has 0 radical (unpaired) electrons. The smallest absolute Gasteiger partial charge is 0.306 e. The Hall–Kier alpha value is -2.78. The van der Waals surface area contributed by atoms with Crippen LogP contribution in [-0.2, 0) is 33.2 Å². The molecule has 206 valence electrons. The third kappa shape index (κ3) is 4.88. The van der Waals surface area contributed by atoms with Gasteiger partial charge in [-0.15, -0.1) is 0 Å². The number of amides is 1. The predicted molar refractivity (Wildman–Crippen MR) is 148 cm³/mol. The maximum atomic E-state index is 14.1. The molecule has 1 aliphatic heterocycles. The minimum Gasteiger partial charge on any atom is -0.481 e. The molecule has 0 bridgehead atoms. The summed E-state index contributed by atoms with van der Waals surface area (Å²) in [7, 11) is -0.950. The fraction of sp³-hybridized carbons (Fsp3) is 0.517. The predicted octanol–water partition coefficient (Wildman–Crippen LogP) is 4.06. The van der Waals surface area contributed by atoms with Gasteiger partial charge in [0.25, 0.3) is 5.91 Å². The molecule has 10 heteroatoms. The number of carbonyl (C=O) groups is 3. The Morgan fingerprint density at radius 2 is 1.82 bits per heavy atom. The van der Waals surface area contributed by atoms with Gasteiger partial charge < -0.3 is 10.0 Å². The summed E-state index contributed by atoms with van der Waals surface area (Å²) in [5.74, 6) is -1.38. The average Bonchev–Trinajstić information content (AvgIpc) is 3.67. The largest absolute Gasteiger partial charge is 0.481 e. The molecule has 3 atom stereocenters. The summed E-state index contributed by atoms with van der Waals surface area (Å²) in [4.78, 5) is 40.7. The lowest BCUT2D eigenvalue weighted by Gasteiger charge is -2.40. The van der Waals surface area contributed by atoms with E-state index in [1.807, 2.05) is 18.2 Å². The summed E-state index contributed by atoms with van der Waals surface area (Å²) < 4.78 is 13.3. The van der Waals surface area contributed by atoms with Crippen LogP contribution in [0.2, 0.25) is 5.02 Å². The SMILES string of the molecule is CS(=O)C1CN(C(=O)C2CCc3c(C4=CCC(C(=O)O)CC4)nn(C(=O)c4c(Cl)cccc4C4CC4)c3C2)C1. The zero-order valence-electron chi connectivity index (χ0n) is 21.9. The van der Waals surface area contributed by atoms with E-state index in [0.717, 1.165) is 40.9 Å². The van der Waals surface area contributed by atoms with Gasteiger partial charge in [0.15, 0.2) is 0 Å². The molecule has 39 heavy (non-hydrogen) atoms. The van der Waals surface area contributed by atoms with Crippen LogP contribution in [0.5, 0.6) is 0 Å². The molecule has 2 heterocycles. The van der Waals surface area contributed by atoms with E-state index < -0.39 is 22.7 Å². The van der Waals surface area contributed by atoms with E-state index in [0.29, 0.717) is 68.1 Å². The second kappa shape index (κ2) is 10.3. The van der Waals surface area contributed by atoms with E-state index in [1.165, 1.54) is 4.68 Å². The highest BCUT2D eigenvalue weighted by molar-refractivity contribution is 7.85. The van der Waals surface area contributed by atoms with E-state index in [9.17, 15) is 23.7 Å². The molecule has 1 saturated carbocycles. The van der Waals surface area contributed by atoms with Gasteiger partial charge in [-0.3, -0.25) is 18.6 Å². The average molecular weight is 570 g/mol. The van der Waals surface area contributed by atoms with Gasteiger partial charge in [0.1, 0.15) is 0 Å². The van der Waals surface area contributed by atoms with Crippen LogP contribution in [0.3, 0.4) is 0 Å². The minimum absolute atomic E-state index is 0.0285.